The smallest absolute Gasteiger partial charge is 0.333 e. The van der Waals surface area contributed by atoms with Gasteiger partial charge in [0.15, 0.2) is 0 Å². The van der Waals surface area contributed by atoms with Crippen LogP contribution in [-0.2, 0) is 9.59 Å². The highest BCUT2D eigenvalue weighted by Gasteiger charge is 2.12. The molecule has 0 aromatic carbocycles. The van der Waals surface area contributed by atoms with Crippen molar-refractivity contribution in [3.8, 4) is 24.1 Å². The highest BCUT2D eigenvalue weighted by molar-refractivity contribution is 5.77. The fourth-order valence-electron chi connectivity index (χ4n) is 1.27. The molecule has 102 valence electrons. The van der Waals surface area contributed by atoms with E-state index in [1.807, 2.05) is 0 Å². The zero-order valence-corrected chi connectivity index (χ0v) is 10.1. The number of aromatic hydroxyl groups is 2. The standard InChI is InChI=1S/C12H14N2O5/c1-2-8-13-9(15)4-3-5-12(18)19-14-10(16)6-7-11(14)17/h1,6-7,16-17H,3-5,8H2,(H,13,15). The molecule has 0 aliphatic carbocycles. The van der Waals surface area contributed by atoms with Crippen LogP contribution in [0.1, 0.15) is 19.3 Å². The molecule has 0 saturated carbocycles. The SMILES string of the molecule is C#CCNC(=O)CCCC(=O)On1c(O)ccc1O. The van der Waals surface area contributed by atoms with Crippen molar-refractivity contribution in [1.82, 2.24) is 10.0 Å². The van der Waals surface area contributed by atoms with Crippen LogP contribution < -0.4 is 10.2 Å². The molecule has 0 atom stereocenters. The third-order valence-electron chi connectivity index (χ3n) is 2.16. The van der Waals surface area contributed by atoms with Gasteiger partial charge >= 0.3 is 5.97 Å². The van der Waals surface area contributed by atoms with E-state index < -0.39 is 17.7 Å². The summed E-state index contributed by atoms with van der Waals surface area (Å²) in [6.07, 6.45) is 5.36. The summed E-state index contributed by atoms with van der Waals surface area (Å²) in [6.45, 7) is 0.147. The molecule has 1 amide bonds. The fourth-order valence-corrected chi connectivity index (χ4v) is 1.27. The summed E-state index contributed by atoms with van der Waals surface area (Å²) in [6, 6.07) is 2.35. The maximum absolute atomic E-state index is 11.4. The maximum atomic E-state index is 11.4. The van der Waals surface area contributed by atoms with Crippen LogP contribution in [-0.4, -0.2) is 33.4 Å². The molecule has 7 nitrogen and oxygen atoms in total. The van der Waals surface area contributed by atoms with Gasteiger partial charge in [-0.25, -0.2) is 4.79 Å². The quantitative estimate of drug-likeness (QED) is 0.618. The molecule has 1 heterocycles. The van der Waals surface area contributed by atoms with Gasteiger partial charge in [-0.1, -0.05) is 5.92 Å². The minimum absolute atomic E-state index is 0.0272. The summed E-state index contributed by atoms with van der Waals surface area (Å²) in [5, 5.41) is 20.9. The molecule has 0 aliphatic heterocycles. The number of aromatic nitrogens is 1. The molecule has 0 bridgehead atoms. The van der Waals surface area contributed by atoms with Gasteiger partial charge in [0, 0.05) is 25.0 Å². The van der Waals surface area contributed by atoms with E-state index in [9.17, 15) is 19.8 Å². The predicted octanol–water partition coefficient (Wildman–Crippen LogP) is -0.226. The van der Waals surface area contributed by atoms with Gasteiger partial charge in [0.1, 0.15) is 0 Å². The third kappa shape index (κ3) is 4.63. The molecule has 19 heavy (non-hydrogen) atoms. The largest absolute Gasteiger partial charge is 0.492 e. The van der Waals surface area contributed by atoms with Crippen LogP contribution in [0.2, 0.25) is 0 Å². The average molecular weight is 266 g/mol. The van der Waals surface area contributed by atoms with Crippen LogP contribution in [0.15, 0.2) is 12.1 Å². The molecule has 0 aliphatic rings. The summed E-state index contributed by atoms with van der Waals surface area (Å²) in [5.74, 6) is 0.548. The van der Waals surface area contributed by atoms with E-state index in [0.717, 1.165) is 0 Å². The van der Waals surface area contributed by atoms with E-state index in [2.05, 4.69) is 11.2 Å². The van der Waals surface area contributed by atoms with Gasteiger partial charge in [-0.05, 0) is 6.42 Å². The minimum Gasteiger partial charge on any atom is -0.492 e. The van der Waals surface area contributed by atoms with Crippen LogP contribution in [0, 0.1) is 12.3 Å². The zero-order valence-electron chi connectivity index (χ0n) is 10.1. The van der Waals surface area contributed by atoms with Crippen molar-refractivity contribution in [2.24, 2.45) is 0 Å². The number of hydrogen-bond acceptors (Lipinski definition) is 5. The number of carbonyl (C=O) groups excluding carboxylic acids is 2. The number of rotatable bonds is 6. The summed E-state index contributed by atoms with van der Waals surface area (Å²) >= 11 is 0. The topological polar surface area (TPSA) is 101 Å². The minimum atomic E-state index is -0.674. The lowest BCUT2D eigenvalue weighted by Gasteiger charge is -2.06. The van der Waals surface area contributed by atoms with Gasteiger partial charge in [-0.3, -0.25) is 4.79 Å². The molecular weight excluding hydrogens is 252 g/mol. The van der Waals surface area contributed by atoms with Crippen LogP contribution in [0.5, 0.6) is 11.8 Å². The van der Waals surface area contributed by atoms with Crippen molar-refractivity contribution >= 4 is 11.9 Å². The van der Waals surface area contributed by atoms with E-state index in [1.54, 1.807) is 0 Å². The molecule has 3 N–H and O–H groups in total. The van der Waals surface area contributed by atoms with E-state index in [1.165, 1.54) is 12.1 Å². The van der Waals surface area contributed by atoms with Crippen LogP contribution in [0.25, 0.3) is 0 Å². The predicted molar refractivity (Wildman–Crippen MR) is 65.0 cm³/mol. The number of hydrogen-bond donors (Lipinski definition) is 3. The molecule has 1 aromatic rings. The summed E-state index contributed by atoms with van der Waals surface area (Å²) in [7, 11) is 0. The Hall–Kier alpha value is -2.62. The molecule has 1 aromatic heterocycles. The lowest BCUT2D eigenvalue weighted by atomic mass is 10.2. The van der Waals surface area contributed by atoms with Crippen molar-refractivity contribution in [2.75, 3.05) is 6.54 Å². The van der Waals surface area contributed by atoms with Gasteiger partial charge < -0.3 is 20.4 Å². The Bertz CT molecular complexity index is 481. The van der Waals surface area contributed by atoms with Crippen molar-refractivity contribution in [3.63, 3.8) is 0 Å². The van der Waals surface area contributed by atoms with E-state index in [0.29, 0.717) is 4.73 Å². The Kier molecular flexibility index (Phi) is 5.29. The second-order valence-electron chi connectivity index (χ2n) is 3.64. The second-order valence-corrected chi connectivity index (χ2v) is 3.64. The molecule has 1 rings (SSSR count). The lowest BCUT2D eigenvalue weighted by molar-refractivity contribution is -0.145. The first-order valence-electron chi connectivity index (χ1n) is 5.55. The molecule has 0 fully saturated rings. The first-order valence-corrected chi connectivity index (χ1v) is 5.55. The monoisotopic (exact) mass is 266 g/mol. The highest BCUT2D eigenvalue weighted by atomic mass is 16.7. The van der Waals surface area contributed by atoms with Gasteiger partial charge in [-0.15, -0.1) is 11.2 Å². The Labute approximate surface area is 109 Å². The van der Waals surface area contributed by atoms with Crippen molar-refractivity contribution in [2.45, 2.75) is 19.3 Å². The summed E-state index contributed by atoms with van der Waals surface area (Å²) in [5.41, 5.74) is 0. The normalized spacial score (nSPS) is 9.63. The fraction of sp³-hybridized carbons (Fsp3) is 0.333. The lowest BCUT2D eigenvalue weighted by Crippen LogP contribution is -2.24. The first-order chi connectivity index (χ1) is 9.04. The van der Waals surface area contributed by atoms with Crippen molar-refractivity contribution in [3.05, 3.63) is 12.1 Å². The second kappa shape index (κ2) is 6.96. The first kappa shape index (κ1) is 14.4. The number of carbonyl (C=O) groups is 2. The molecule has 0 spiro atoms. The number of nitrogens with zero attached hydrogens (tertiary/aromatic N) is 1. The van der Waals surface area contributed by atoms with E-state index in [-0.39, 0.29) is 31.7 Å². The van der Waals surface area contributed by atoms with Crippen LogP contribution in [0.3, 0.4) is 0 Å². The van der Waals surface area contributed by atoms with Gasteiger partial charge in [0.05, 0.1) is 6.54 Å². The Morgan fingerprint density at radius 1 is 1.32 bits per heavy atom. The van der Waals surface area contributed by atoms with E-state index in [4.69, 9.17) is 11.3 Å². The van der Waals surface area contributed by atoms with Gasteiger partial charge in [0.2, 0.25) is 17.7 Å². The highest BCUT2D eigenvalue weighted by Crippen LogP contribution is 2.18. The van der Waals surface area contributed by atoms with Gasteiger partial charge in [0.25, 0.3) is 0 Å². The van der Waals surface area contributed by atoms with Crippen molar-refractivity contribution in [1.29, 1.82) is 0 Å². The van der Waals surface area contributed by atoms with Crippen LogP contribution >= 0.6 is 0 Å². The average Bonchev–Trinajstić information content (AvgIpc) is 2.68. The molecule has 7 heteroatoms. The molecule has 0 unspecified atom stereocenters. The Morgan fingerprint density at radius 2 is 1.95 bits per heavy atom. The Balaban J connectivity index is 2.29. The molecule has 0 radical (unpaired) electrons. The summed E-state index contributed by atoms with van der Waals surface area (Å²) < 4.78 is 0.598. The zero-order chi connectivity index (χ0) is 14.3. The third-order valence-corrected chi connectivity index (χ3v) is 2.16. The number of nitrogens with one attached hydrogen (secondary N) is 1. The maximum Gasteiger partial charge on any atom is 0.333 e. The molecular formula is C12H14N2O5. The van der Waals surface area contributed by atoms with Crippen molar-refractivity contribution < 1.29 is 24.6 Å². The number of terminal acetylenes is 1. The van der Waals surface area contributed by atoms with Crippen LogP contribution in [0.4, 0.5) is 0 Å². The number of amides is 1. The summed E-state index contributed by atoms with van der Waals surface area (Å²) in [4.78, 5) is 27.2. The molecule has 0 saturated heterocycles. The Morgan fingerprint density at radius 3 is 2.53 bits per heavy atom. The van der Waals surface area contributed by atoms with Gasteiger partial charge in [-0.2, -0.15) is 0 Å². The van der Waals surface area contributed by atoms with E-state index >= 15 is 0 Å².